The Morgan fingerprint density at radius 1 is 1.40 bits per heavy atom. The average Bonchev–Trinajstić information content (AvgIpc) is 2.46. The first-order valence-electron chi connectivity index (χ1n) is 7.09. The normalized spacial score (nSPS) is 23.8. The van der Waals surface area contributed by atoms with Crippen LogP contribution in [0.15, 0.2) is 24.3 Å². The molecule has 1 heterocycles. The third kappa shape index (κ3) is 3.87. The maximum Gasteiger partial charge on any atom is 0.164 e. The van der Waals surface area contributed by atoms with Gasteiger partial charge in [0.25, 0.3) is 0 Å². The lowest BCUT2D eigenvalue weighted by Gasteiger charge is -2.39. The maximum atomic E-state index is 12.8. The number of hydrogen-bond acceptors (Lipinski definition) is 3. The van der Waals surface area contributed by atoms with Crippen molar-refractivity contribution in [3.8, 4) is 0 Å². The van der Waals surface area contributed by atoms with Crippen LogP contribution in [0, 0.1) is 5.82 Å². The molecule has 1 aromatic rings. The highest BCUT2D eigenvalue weighted by atomic mass is 19.1. The van der Waals surface area contributed by atoms with E-state index >= 15 is 0 Å². The smallest absolute Gasteiger partial charge is 0.164 e. The Balaban J connectivity index is 1.85. The number of nitrogens with zero attached hydrogens (tertiary/aromatic N) is 1. The number of Topliss-reactive ketones (excluding diaryl/α,β-unsaturated/α-hetero) is 1. The summed E-state index contributed by atoms with van der Waals surface area (Å²) in [5.41, 5.74) is 0.481. The highest BCUT2D eigenvalue weighted by Crippen LogP contribution is 2.24. The van der Waals surface area contributed by atoms with E-state index in [1.165, 1.54) is 12.1 Å². The fraction of sp³-hybridized carbons (Fsp3) is 0.562. The van der Waals surface area contributed by atoms with Crippen LogP contribution in [-0.4, -0.2) is 43.0 Å². The van der Waals surface area contributed by atoms with Crippen LogP contribution in [0.2, 0.25) is 0 Å². The van der Waals surface area contributed by atoms with Gasteiger partial charge in [0.05, 0.1) is 5.60 Å². The van der Waals surface area contributed by atoms with Crippen molar-refractivity contribution in [2.45, 2.75) is 31.8 Å². The Morgan fingerprint density at radius 2 is 2.10 bits per heavy atom. The molecule has 20 heavy (non-hydrogen) atoms. The van der Waals surface area contributed by atoms with Gasteiger partial charge in [0, 0.05) is 32.2 Å². The van der Waals surface area contributed by atoms with Crippen molar-refractivity contribution in [3.05, 3.63) is 35.6 Å². The van der Waals surface area contributed by atoms with E-state index in [1.54, 1.807) is 19.2 Å². The van der Waals surface area contributed by atoms with Gasteiger partial charge >= 0.3 is 0 Å². The minimum atomic E-state index is -0.312. The standard InChI is InChI=1S/C16H22FNO2/c1-16(20-2)9-3-10-18(12-16)11-8-15(19)13-4-6-14(17)7-5-13/h4-7H,3,8-12H2,1-2H3. The summed E-state index contributed by atoms with van der Waals surface area (Å²) in [5, 5.41) is 0. The Kier molecular flexibility index (Phi) is 4.89. The van der Waals surface area contributed by atoms with E-state index in [1.807, 2.05) is 0 Å². The highest BCUT2D eigenvalue weighted by Gasteiger charge is 2.30. The van der Waals surface area contributed by atoms with E-state index in [-0.39, 0.29) is 17.2 Å². The molecule has 1 aliphatic rings. The molecule has 1 aliphatic heterocycles. The maximum absolute atomic E-state index is 12.8. The number of carbonyl (C=O) groups is 1. The molecular formula is C16H22FNO2. The molecule has 0 bridgehead atoms. The average molecular weight is 279 g/mol. The van der Waals surface area contributed by atoms with Crippen molar-refractivity contribution in [3.63, 3.8) is 0 Å². The van der Waals surface area contributed by atoms with Crippen molar-refractivity contribution in [2.24, 2.45) is 0 Å². The molecule has 0 spiro atoms. The lowest BCUT2D eigenvalue weighted by Crippen LogP contribution is -2.47. The number of likely N-dealkylation sites (tertiary alicyclic amines) is 1. The molecule has 1 fully saturated rings. The van der Waals surface area contributed by atoms with E-state index in [2.05, 4.69) is 11.8 Å². The zero-order chi connectivity index (χ0) is 14.6. The Bertz CT molecular complexity index is 460. The zero-order valence-corrected chi connectivity index (χ0v) is 12.2. The predicted molar refractivity (Wildman–Crippen MR) is 76.4 cm³/mol. The second kappa shape index (κ2) is 6.46. The SMILES string of the molecule is COC1(C)CCCN(CCC(=O)c2ccc(F)cc2)C1. The van der Waals surface area contributed by atoms with Gasteiger partial charge < -0.3 is 9.64 Å². The number of ketones is 1. The first kappa shape index (κ1) is 15.1. The number of carbonyl (C=O) groups excluding carboxylic acids is 1. The zero-order valence-electron chi connectivity index (χ0n) is 12.2. The van der Waals surface area contributed by atoms with E-state index in [9.17, 15) is 9.18 Å². The molecular weight excluding hydrogens is 257 g/mol. The molecule has 0 radical (unpaired) electrons. The number of halogens is 1. The first-order chi connectivity index (χ1) is 9.52. The second-order valence-electron chi connectivity index (χ2n) is 5.71. The third-order valence-corrected chi connectivity index (χ3v) is 4.05. The molecule has 0 N–H and O–H groups in total. The van der Waals surface area contributed by atoms with E-state index in [0.717, 1.165) is 32.5 Å². The molecule has 0 aliphatic carbocycles. The van der Waals surface area contributed by atoms with Gasteiger partial charge in [-0.05, 0) is 50.6 Å². The van der Waals surface area contributed by atoms with E-state index in [0.29, 0.717) is 12.0 Å². The largest absolute Gasteiger partial charge is 0.377 e. The van der Waals surface area contributed by atoms with Gasteiger partial charge in [-0.25, -0.2) is 4.39 Å². The summed E-state index contributed by atoms with van der Waals surface area (Å²) in [6.45, 7) is 4.71. The van der Waals surface area contributed by atoms with Crippen molar-refractivity contribution < 1.29 is 13.9 Å². The lowest BCUT2D eigenvalue weighted by molar-refractivity contribution is -0.0503. The van der Waals surface area contributed by atoms with E-state index < -0.39 is 0 Å². The van der Waals surface area contributed by atoms with Crippen LogP contribution in [-0.2, 0) is 4.74 Å². The van der Waals surface area contributed by atoms with Crippen molar-refractivity contribution in [1.82, 2.24) is 4.90 Å². The third-order valence-electron chi connectivity index (χ3n) is 4.05. The van der Waals surface area contributed by atoms with Crippen molar-refractivity contribution in [2.75, 3.05) is 26.7 Å². The minimum Gasteiger partial charge on any atom is -0.377 e. The summed E-state index contributed by atoms with van der Waals surface area (Å²) in [6, 6.07) is 5.76. The van der Waals surface area contributed by atoms with Crippen LogP contribution in [0.1, 0.15) is 36.5 Å². The predicted octanol–water partition coefficient (Wildman–Crippen LogP) is 2.90. The fourth-order valence-electron chi connectivity index (χ4n) is 2.70. The van der Waals surface area contributed by atoms with E-state index in [4.69, 9.17) is 4.74 Å². The van der Waals surface area contributed by atoms with Crippen LogP contribution in [0.4, 0.5) is 4.39 Å². The number of hydrogen-bond donors (Lipinski definition) is 0. The van der Waals surface area contributed by atoms with Crippen LogP contribution in [0.3, 0.4) is 0 Å². The first-order valence-corrected chi connectivity index (χ1v) is 7.09. The van der Waals surface area contributed by atoms with Crippen molar-refractivity contribution in [1.29, 1.82) is 0 Å². The quantitative estimate of drug-likeness (QED) is 0.776. The molecule has 0 aromatic heterocycles. The van der Waals surface area contributed by atoms with Crippen molar-refractivity contribution >= 4 is 5.78 Å². The van der Waals surface area contributed by atoms with Gasteiger partial charge in [0.15, 0.2) is 5.78 Å². The fourth-order valence-corrected chi connectivity index (χ4v) is 2.70. The van der Waals surface area contributed by atoms with Crippen LogP contribution in [0.5, 0.6) is 0 Å². The Labute approximate surface area is 119 Å². The molecule has 0 amide bonds. The number of benzene rings is 1. The Hall–Kier alpha value is -1.26. The molecule has 0 saturated carbocycles. The summed E-state index contributed by atoms with van der Waals surface area (Å²) in [6.07, 6.45) is 2.62. The van der Waals surface area contributed by atoms with Gasteiger partial charge in [-0.1, -0.05) is 0 Å². The van der Waals surface area contributed by atoms with Gasteiger partial charge in [0.1, 0.15) is 5.82 Å². The lowest BCUT2D eigenvalue weighted by atomic mass is 9.94. The highest BCUT2D eigenvalue weighted by molar-refractivity contribution is 5.96. The molecule has 1 saturated heterocycles. The molecule has 1 atom stereocenters. The molecule has 3 nitrogen and oxygen atoms in total. The van der Waals surface area contributed by atoms with Gasteiger partial charge in [-0.3, -0.25) is 4.79 Å². The monoisotopic (exact) mass is 279 g/mol. The van der Waals surface area contributed by atoms with Gasteiger partial charge in [-0.2, -0.15) is 0 Å². The Morgan fingerprint density at radius 3 is 2.75 bits per heavy atom. The summed E-state index contributed by atoms with van der Waals surface area (Å²) >= 11 is 0. The van der Waals surface area contributed by atoms with Crippen LogP contribution in [0.25, 0.3) is 0 Å². The van der Waals surface area contributed by atoms with Crippen LogP contribution >= 0.6 is 0 Å². The molecule has 1 aromatic carbocycles. The van der Waals surface area contributed by atoms with Gasteiger partial charge in [0.2, 0.25) is 0 Å². The number of methoxy groups -OCH3 is 1. The molecule has 110 valence electrons. The second-order valence-corrected chi connectivity index (χ2v) is 5.71. The van der Waals surface area contributed by atoms with Gasteiger partial charge in [-0.15, -0.1) is 0 Å². The molecule has 1 unspecified atom stereocenters. The molecule has 2 rings (SSSR count). The topological polar surface area (TPSA) is 29.5 Å². The summed E-state index contributed by atoms with van der Waals surface area (Å²) in [5.74, 6) is -0.247. The van der Waals surface area contributed by atoms with Crippen LogP contribution < -0.4 is 0 Å². The number of rotatable bonds is 5. The number of piperidine rings is 1. The molecule has 4 heteroatoms. The summed E-state index contributed by atoms with van der Waals surface area (Å²) < 4.78 is 18.4. The summed E-state index contributed by atoms with van der Waals surface area (Å²) in [7, 11) is 1.74. The minimum absolute atomic E-state index is 0.0645. The number of ether oxygens (including phenoxy) is 1. The summed E-state index contributed by atoms with van der Waals surface area (Å²) in [4.78, 5) is 14.3.